The van der Waals surface area contributed by atoms with Gasteiger partial charge in [-0.2, -0.15) is 5.26 Å². The maximum absolute atomic E-state index is 9.27. The largest absolute Gasteiger partial charge is 0.378 e. The summed E-state index contributed by atoms with van der Waals surface area (Å²) < 4.78 is 0. The van der Waals surface area contributed by atoms with Gasteiger partial charge in [-0.25, -0.2) is 0 Å². The fraction of sp³-hybridized carbons (Fsp3) is 0.438. The third kappa shape index (κ3) is 2.96. The summed E-state index contributed by atoms with van der Waals surface area (Å²) in [5.74, 6) is 0. The molecule has 3 rings (SSSR count). The number of aromatic nitrogens is 2. The Kier molecular flexibility index (Phi) is 3.98. The van der Waals surface area contributed by atoms with E-state index < -0.39 is 0 Å². The Morgan fingerprint density at radius 2 is 2.05 bits per heavy atom. The molecule has 0 amide bonds. The van der Waals surface area contributed by atoms with Gasteiger partial charge in [0.1, 0.15) is 6.07 Å². The van der Waals surface area contributed by atoms with Crippen LogP contribution in [0.1, 0.15) is 25.5 Å². The Morgan fingerprint density at radius 3 is 2.81 bits per heavy atom. The molecule has 1 fully saturated rings. The van der Waals surface area contributed by atoms with Crippen molar-refractivity contribution in [2.24, 2.45) is 0 Å². The van der Waals surface area contributed by atoms with Crippen LogP contribution in [0.3, 0.4) is 0 Å². The molecule has 1 aromatic heterocycles. The molecule has 1 saturated heterocycles. The highest BCUT2D eigenvalue weighted by molar-refractivity contribution is 5.92. The second kappa shape index (κ2) is 6.06. The van der Waals surface area contributed by atoms with E-state index in [-0.39, 0.29) is 6.04 Å². The average Bonchev–Trinajstić information content (AvgIpc) is 3.00. The molecule has 0 bridgehead atoms. The molecule has 1 unspecified atom stereocenters. The van der Waals surface area contributed by atoms with Crippen LogP contribution in [0.4, 0.5) is 5.69 Å². The Bertz CT molecular complexity index is 670. The monoisotopic (exact) mass is 281 g/mol. The number of hydrogen-bond donors (Lipinski definition) is 1. The molecule has 2 aromatic rings. The lowest BCUT2D eigenvalue weighted by Crippen LogP contribution is -2.33. The van der Waals surface area contributed by atoms with E-state index in [0.717, 1.165) is 23.1 Å². The number of benzene rings is 1. The van der Waals surface area contributed by atoms with Gasteiger partial charge in [-0.05, 0) is 38.9 Å². The van der Waals surface area contributed by atoms with E-state index in [2.05, 4.69) is 33.4 Å². The summed E-state index contributed by atoms with van der Waals surface area (Å²) in [6.45, 7) is 5.48. The van der Waals surface area contributed by atoms with E-state index in [9.17, 15) is 5.26 Å². The van der Waals surface area contributed by atoms with Crippen molar-refractivity contribution in [3.63, 3.8) is 0 Å². The molecule has 1 aliphatic rings. The molecule has 21 heavy (non-hydrogen) atoms. The lowest BCUT2D eigenvalue weighted by Gasteiger charge is -2.22. The second-order valence-corrected chi connectivity index (χ2v) is 5.61. The molecule has 108 valence electrons. The summed E-state index contributed by atoms with van der Waals surface area (Å²) in [5.41, 5.74) is 1.98. The predicted molar refractivity (Wildman–Crippen MR) is 83.0 cm³/mol. The Balaban J connectivity index is 1.86. The molecule has 1 N–H and O–H groups in total. The molecule has 5 nitrogen and oxygen atoms in total. The van der Waals surface area contributed by atoms with E-state index in [1.807, 2.05) is 24.3 Å². The molecule has 2 heterocycles. The van der Waals surface area contributed by atoms with Crippen molar-refractivity contribution in [2.45, 2.75) is 25.8 Å². The molecule has 0 saturated carbocycles. The number of hydrogen-bond acceptors (Lipinski definition) is 5. The van der Waals surface area contributed by atoms with Crippen LogP contribution >= 0.6 is 0 Å². The van der Waals surface area contributed by atoms with E-state index in [1.54, 1.807) is 0 Å². The van der Waals surface area contributed by atoms with Gasteiger partial charge in [-0.3, -0.25) is 0 Å². The number of rotatable bonds is 4. The summed E-state index contributed by atoms with van der Waals surface area (Å²) in [5, 5.41) is 21.8. The van der Waals surface area contributed by atoms with E-state index in [1.165, 1.54) is 25.9 Å². The Morgan fingerprint density at radius 1 is 1.29 bits per heavy atom. The molecule has 0 spiro atoms. The normalized spacial score (nSPS) is 16.8. The van der Waals surface area contributed by atoms with Crippen LogP contribution in [-0.2, 0) is 0 Å². The molecule has 0 aliphatic carbocycles. The van der Waals surface area contributed by atoms with Crippen molar-refractivity contribution in [2.75, 3.05) is 25.0 Å². The molecule has 5 heteroatoms. The summed E-state index contributed by atoms with van der Waals surface area (Å²) in [6, 6.07) is 10.2. The zero-order chi connectivity index (χ0) is 14.7. The Hall–Kier alpha value is -2.19. The van der Waals surface area contributed by atoms with Gasteiger partial charge in [0.05, 0.1) is 11.2 Å². The maximum Gasteiger partial charge on any atom is 0.186 e. The molecule has 1 aliphatic heterocycles. The topological polar surface area (TPSA) is 64.8 Å². The lowest BCUT2D eigenvalue weighted by atomic mass is 10.1. The lowest BCUT2D eigenvalue weighted by molar-refractivity contribution is 0.328. The van der Waals surface area contributed by atoms with Gasteiger partial charge in [-0.1, -0.05) is 18.2 Å². The first-order chi connectivity index (χ1) is 10.3. The van der Waals surface area contributed by atoms with Crippen LogP contribution in [0.25, 0.3) is 10.9 Å². The van der Waals surface area contributed by atoms with Gasteiger partial charge in [-0.15, -0.1) is 10.2 Å². The van der Waals surface area contributed by atoms with Crippen molar-refractivity contribution >= 4 is 16.6 Å². The van der Waals surface area contributed by atoms with Crippen LogP contribution in [0.2, 0.25) is 0 Å². The zero-order valence-corrected chi connectivity index (χ0v) is 12.2. The summed E-state index contributed by atoms with van der Waals surface area (Å²) >= 11 is 0. The smallest absolute Gasteiger partial charge is 0.186 e. The van der Waals surface area contributed by atoms with Crippen LogP contribution in [0.5, 0.6) is 0 Å². The van der Waals surface area contributed by atoms with Gasteiger partial charge < -0.3 is 10.2 Å². The Labute approximate surface area is 124 Å². The van der Waals surface area contributed by atoms with Gasteiger partial charge in [0.2, 0.25) is 0 Å². The van der Waals surface area contributed by atoms with Crippen molar-refractivity contribution in [3.8, 4) is 6.07 Å². The van der Waals surface area contributed by atoms with Crippen molar-refractivity contribution < 1.29 is 0 Å². The van der Waals surface area contributed by atoms with Crippen molar-refractivity contribution in [1.82, 2.24) is 15.1 Å². The fourth-order valence-corrected chi connectivity index (χ4v) is 2.92. The highest BCUT2D eigenvalue weighted by atomic mass is 15.2. The second-order valence-electron chi connectivity index (χ2n) is 5.61. The standard InChI is InChI=1S/C16H19N5/c1-12(11-21-8-4-5-9-21)18-16-13-6-2-3-7-14(13)19-20-15(16)10-17/h2-3,6-7,12H,4-5,8-9,11H2,1H3,(H,18,19). The number of fused-ring (bicyclic) bond motifs is 1. The zero-order valence-electron chi connectivity index (χ0n) is 12.2. The van der Waals surface area contributed by atoms with E-state index in [0.29, 0.717) is 5.69 Å². The van der Waals surface area contributed by atoms with Gasteiger partial charge >= 0.3 is 0 Å². The minimum absolute atomic E-state index is 0.266. The first kappa shape index (κ1) is 13.8. The molecule has 1 atom stereocenters. The third-order valence-electron chi connectivity index (χ3n) is 3.90. The highest BCUT2D eigenvalue weighted by Gasteiger charge is 2.17. The fourth-order valence-electron chi connectivity index (χ4n) is 2.92. The minimum atomic E-state index is 0.266. The van der Waals surface area contributed by atoms with Crippen LogP contribution in [0, 0.1) is 11.3 Å². The van der Waals surface area contributed by atoms with Crippen LogP contribution < -0.4 is 5.32 Å². The van der Waals surface area contributed by atoms with Crippen LogP contribution in [0.15, 0.2) is 24.3 Å². The first-order valence-corrected chi connectivity index (χ1v) is 7.42. The summed E-state index contributed by atoms with van der Waals surface area (Å²) in [7, 11) is 0. The molecule has 0 radical (unpaired) electrons. The minimum Gasteiger partial charge on any atom is -0.378 e. The van der Waals surface area contributed by atoms with E-state index >= 15 is 0 Å². The molecule has 1 aromatic carbocycles. The third-order valence-corrected chi connectivity index (χ3v) is 3.90. The maximum atomic E-state index is 9.27. The van der Waals surface area contributed by atoms with Gasteiger partial charge in [0.25, 0.3) is 0 Å². The van der Waals surface area contributed by atoms with E-state index in [4.69, 9.17) is 0 Å². The number of nitrogens with one attached hydrogen (secondary N) is 1. The number of anilines is 1. The SMILES string of the molecule is CC(CN1CCCC1)Nc1c(C#N)nnc2ccccc12. The average molecular weight is 281 g/mol. The van der Waals surface area contributed by atoms with Gasteiger partial charge in [0, 0.05) is 18.0 Å². The van der Waals surface area contributed by atoms with Crippen LogP contribution in [-0.4, -0.2) is 40.8 Å². The molecular formula is C16H19N5. The summed E-state index contributed by atoms with van der Waals surface area (Å²) in [6.07, 6.45) is 2.58. The highest BCUT2D eigenvalue weighted by Crippen LogP contribution is 2.24. The number of likely N-dealkylation sites (tertiary alicyclic amines) is 1. The number of nitriles is 1. The number of nitrogens with zero attached hydrogens (tertiary/aromatic N) is 4. The van der Waals surface area contributed by atoms with Crippen molar-refractivity contribution in [1.29, 1.82) is 5.26 Å². The summed E-state index contributed by atoms with van der Waals surface area (Å²) in [4.78, 5) is 2.46. The van der Waals surface area contributed by atoms with Gasteiger partial charge in [0.15, 0.2) is 5.69 Å². The molecular weight excluding hydrogens is 262 g/mol. The quantitative estimate of drug-likeness (QED) is 0.932. The predicted octanol–water partition coefficient (Wildman–Crippen LogP) is 2.40. The van der Waals surface area contributed by atoms with Crippen molar-refractivity contribution in [3.05, 3.63) is 30.0 Å². The first-order valence-electron chi connectivity index (χ1n) is 7.42.